The van der Waals surface area contributed by atoms with Crippen LogP contribution in [0.25, 0.3) is 0 Å². The van der Waals surface area contributed by atoms with Gasteiger partial charge in [-0.15, -0.1) is 0 Å². The Morgan fingerprint density at radius 3 is 2.09 bits per heavy atom. The first-order valence-electron chi connectivity index (χ1n) is 3.74. The first-order chi connectivity index (χ1) is 5.11. The van der Waals surface area contributed by atoms with Crippen molar-refractivity contribution in [3.05, 3.63) is 48.1 Å². The Hall–Kier alpha value is -1.04. The highest BCUT2D eigenvalue weighted by Gasteiger charge is 1.90. The van der Waals surface area contributed by atoms with Crippen LogP contribution in [-0.2, 0) is 0 Å². The number of allylic oxidation sites excluding steroid dienone is 6. The van der Waals surface area contributed by atoms with Gasteiger partial charge in [0, 0.05) is 0 Å². The van der Waals surface area contributed by atoms with Gasteiger partial charge in [-0.3, -0.25) is 0 Å². The zero-order chi connectivity index (χ0) is 8.85. The van der Waals surface area contributed by atoms with Crippen molar-refractivity contribution in [2.75, 3.05) is 0 Å². The highest BCUT2D eigenvalue weighted by molar-refractivity contribution is 5.40. The molecular weight excluding hydrogens is 132 g/mol. The molecule has 0 aromatic carbocycles. The third-order valence-electron chi connectivity index (χ3n) is 1.55. The second-order valence-corrected chi connectivity index (χ2v) is 2.62. The summed E-state index contributed by atoms with van der Waals surface area (Å²) in [6.07, 6.45) is 5.97. The Bertz CT molecular complexity index is 214. The average Bonchev–Trinajstić information content (AvgIpc) is 1.99. The lowest BCUT2D eigenvalue weighted by molar-refractivity contribution is 1.40. The fourth-order valence-electron chi connectivity index (χ4n) is 0.685. The lowest BCUT2D eigenvalue weighted by Gasteiger charge is -1.99. The van der Waals surface area contributed by atoms with Crippen LogP contribution in [0, 0.1) is 0 Å². The second-order valence-electron chi connectivity index (χ2n) is 2.62. The van der Waals surface area contributed by atoms with E-state index in [1.54, 1.807) is 0 Å². The van der Waals surface area contributed by atoms with Crippen molar-refractivity contribution in [1.29, 1.82) is 0 Å². The highest BCUT2D eigenvalue weighted by Crippen LogP contribution is 2.10. The van der Waals surface area contributed by atoms with Crippen LogP contribution in [0.3, 0.4) is 0 Å². The van der Waals surface area contributed by atoms with Crippen LogP contribution >= 0.6 is 0 Å². The normalized spacial score (nSPS) is 13.0. The smallest absolute Gasteiger partial charge is 0.0237 e. The minimum Gasteiger partial charge on any atom is -0.0985 e. The molecule has 0 aliphatic rings. The average molecular weight is 148 g/mol. The minimum atomic E-state index is 1.06. The van der Waals surface area contributed by atoms with E-state index >= 15 is 0 Å². The summed E-state index contributed by atoms with van der Waals surface area (Å²) < 4.78 is 0. The molecule has 0 heterocycles. The summed E-state index contributed by atoms with van der Waals surface area (Å²) in [5, 5.41) is 0. The summed E-state index contributed by atoms with van der Waals surface area (Å²) in [6, 6.07) is 0. The molecule has 0 aliphatic carbocycles. The molecule has 0 fully saturated rings. The summed E-state index contributed by atoms with van der Waals surface area (Å²) in [5.74, 6) is 0. The molecule has 0 saturated heterocycles. The summed E-state index contributed by atoms with van der Waals surface area (Å²) in [5.41, 5.74) is 3.41. The van der Waals surface area contributed by atoms with Crippen molar-refractivity contribution in [1.82, 2.24) is 0 Å². The van der Waals surface area contributed by atoms with Crippen LogP contribution in [0.15, 0.2) is 48.1 Å². The molecule has 0 amide bonds. The number of hydrogen-bond donors (Lipinski definition) is 0. The lowest BCUT2D eigenvalue weighted by Crippen LogP contribution is -1.79. The highest BCUT2D eigenvalue weighted by atomic mass is 14.0. The first-order valence-corrected chi connectivity index (χ1v) is 3.74. The third-order valence-corrected chi connectivity index (χ3v) is 1.55. The summed E-state index contributed by atoms with van der Waals surface area (Å²) >= 11 is 0. The van der Waals surface area contributed by atoms with Gasteiger partial charge in [0.15, 0.2) is 0 Å². The van der Waals surface area contributed by atoms with Gasteiger partial charge < -0.3 is 0 Å². The second kappa shape index (κ2) is 4.73. The molecular formula is C11H16. The molecule has 0 N–H and O–H groups in total. The fraction of sp³-hybridized carbons (Fsp3) is 0.273. The molecule has 11 heavy (non-hydrogen) atoms. The van der Waals surface area contributed by atoms with E-state index in [1.165, 1.54) is 5.57 Å². The molecule has 60 valence electrons. The van der Waals surface area contributed by atoms with E-state index in [9.17, 15) is 0 Å². The molecule has 0 spiro atoms. The van der Waals surface area contributed by atoms with Crippen molar-refractivity contribution in [2.45, 2.75) is 20.8 Å². The molecule has 0 aromatic heterocycles. The molecule has 0 atom stereocenters. The van der Waals surface area contributed by atoms with E-state index in [1.807, 2.05) is 19.9 Å². The van der Waals surface area contributed by atoms with Gasteiger partial charge in [0.2, 0.25) is 0 Å². The maximum Gasteiger partial charge on any atom is -0.0237 e. The predicted octanol–water partition coefficient (Wildman–Crippen LogP) is 3.64. The van der Waals surface area contributed by atoms with Crippen LogP contribution in [0.1, 0.15) is 20.8 Å². The number of hydrogen-bond acceptors (Lipinski definition) is 0. The van der Waals surface area contributed by atoms with Crippen molar-refractivity contribution in [3.63, 3.8) is 0 Å². The lowest BCUT2D eigenvalue weighted by atomic mass is 10.1. The maximum absolute atomic E-state index is 3.85. The van der Waals surface area contributed by atoms with Crippen LogP contribution < -0.4 is 0 Å². The molecule has 0 heteroatoms. The zero-order valence-corrected chi connectivity index (χ0v) is 7.65. The first kappa shape index (κ1) is 9.96. The third kappa shape index (κ3) is 3.61. The Kier molecular flexibility index (Phi) is 4.28. The van der Waals surface area contributed by atoms with Crippen molar-refractivity contribution in [3.8, 4) is 0 Å². The van der Waals surface area contributed by atoms with E-state index in [4.69, 9.17) is 0 Å². The molecule has 0 saturated carbocycles. The topological polar surface area (TPSA) is 0 Å². The zero-order valence-electron chi connectivity index (χ0n) is 7.65. The fourth-order valence-corrected chi connectivity index (χ4v) is 0.685. The summed E-state index contributed by atoms with van der Waals surface area (Å²) in [7, 11) is 0. The standard InChI is InChI=1S/C11H16/c1-6-10(5)8-11(7-2)9(3)4/h6-8H,2-3H2,1,4-5H3/b10-6-,11-8+. The number of rotatable bonds is 3. The predicted molar refractivity (Wildman–Crippen MR) is 52.5 cm³/mol. The SMILES string of the molecule is C=C/C(=C\C(C)=C/C)C(=C)C. The Labute approximate surface area is 69.6 Å². The van der Waals surface area contributed by atoms with Crippen LogP contribution in [0.4, 0.5) is 0 Å². The van der Waals surface area contributed by atoms with E-state index < -0.39 is 0 Å². The molecule has 0 aromatic rings. The van der Waals surface area contributed by atoms with E-state index in [-0.39, 0.29) is 0 Å². The van der Waals surface area contributed by atoms with Gasteiger partial charge in [-0.25, -0.2) is 0 Å². The van der Waals surface area contributed by atoms with Crippen LogP contribution in [0.2, 0.25) is 0 Å². The Balaban J connectivity index is 4.62. The maximum atomic E-state index is 3.85. The van der Waals surface area contributed by atoms with Crippen LogP contribution in [0.5, 0.6) is 0 Å². The van der Waals surface area contributed by atoms with Crippen LogP contribution in [-0.4, -0.2) is 0 Å². The van der Waals surface area contributed by atoms with Gasteiger partial charge in [-0.1, -0.05) is 42.5 Å². The minimum absolute atomic E-state index is 1.06. The monoisotopic (exact) mass is 148 g/mol. The largest absolute Gasteiger partial charge is 0.0985 e. The molecule has 0 unspecified atom stereocenters. The van der Waals surface area contributed by atoms with Crippen molar-refractivity contribution in [2.24, 2.45) is 0 Å². The quantitative estimate of drug-likeness (QED) is 0.536. The van der Waals surface area contributed by atoms with Gasteiger partial charge in [0.1, 0.15) is 0 Å². The van der Waals surface area contributed by atoms with E-state index in [2.05, 4.69) is 32.2 Å². The van der Waals surface area contributed by atoms with Gasteiger partial charge in [-0.05, 0) is 26.3 Å². The van der Waals surface area contributed by atoms with Crippen molar-refractivity contribution >= 4 is 0 Å². The van der Waals surface area contributed by atoms with Gasteiger partial charge in [0.25, 0.3) is 0 Å². The van der Waals surface area contributed by atoms with Gasteiger partial charge in [-0.2, -0.15) is 0 Å². The molecule has 0 aliphatic heterocycles. The van der Waals surface area contributed by atoms with E-state index in [0.29, 0.717) is 0 Å². The molecule has 0 rings (SSSR count). The molecule has 0 radical (unpaired) electrons. The molecule has 0 nitrogen and oxygen atoms in total. The Morgan fingerprint density at radius 1 is 1.27 bits per heavy atom. The Morgan fingerprint density at radius 2 is 1.82 bits per heavy atom. The van der Waals surface area contributed by atoms with Gasteiger partial charge >= 0.3 is 0 Å². The van der Waals surface area contributed by atoms with Crippen molar-refractivity contribution < 1.29 is 0 Å². The summed E-state index contributed by atoms with van der Waals surface area (Å²) in [4.78, 5) is 0. The van der Waals surface area contributed by atoms with E-state index in [0.717, 1.165) is 11.1 Å². The summed E-state index contributed by atoms with van der Waals surface area (Å²) in [6.45, 7) is 13.6. The van der Waals surface area contributed by atoms with Gasteiger partial charge in [0.05, 0.1) is 0 Å². The molecule has 0 bridgehead atoms.